The zero-order valence-corrected chi connectivity index (χ0v) is 20.7. The van der Waals surface area contributed by atoms with E-state index in [9.17, 15) is 0 Å². The molecule has 1 heterocycles. The number of rotatable bonds is 9. The molecule has 2 N–H and O–H groups in total. The van der Waals surface area contributed by atoms with Crippen molar-refractivity contribution in [1.82, 2.24) is 20.5 Å². The minimum Gasteiger partial charge on any atom is -0.443 e. The van der Waals surface area contributed by atoms with Gasteiger partial charge in [0.2, 0.25) is 5.89 Å². The van der Waals surface area contributed by atoms with E-state index in [1.807, 2.05) is 0 Å². The first kappa shape index (κ1) is 25.4. The molecule has 0 spiro atoms. The molecule has 1 aromatic heterocycles. The van der Waals surface area contributed by atoms with Crippen LogP contribution in [0.3, 0.4) is 0 Å². The van der Waals surface area contributed by atoms with Crippen LogP contribution in [0.15, 0.2) is 45.9 Å². The van der Waals surface area contributed by atoms with Gasteiger partial charge in [0.1, 0.15) is 12.3 Å². The maximum absolute atomic E-state index is 5.81. The van der Waals surface area contributed by atoms with Gasteiger partial charge in [-0.3, -0.25) is 0 Å². The molecule has 0 bridgehead atoms. The lowest BCUT2D eigenvalue weighted by Gasteiger charge is -2.17. The van der Waals surface area contributed by atoms with Crippen molar-refractivity contribution in [2.75, 3.05) is 26.7 Å². The highest BCUT2D eigenvalue weighted by molar-refractivity contribution is 14.0. The van der Waals surface area contributed by atoms with Crippen LogP contribution in [-0.4, -0.2) is 42.5 Å². The second-order valence-electron chi connectivity index (χ2n) is 8.07. The van der Waals surface area contributed by atoms with E-state index in [1.165, 1.54) is 5.56 Å². The zero-order valence-electron chi connectivity index (χ0n) is 18.4. The van der Waals surface area contributed by atoms with Crippen LogP contribution in [0.1, 0.15) is 51.3 Å². The van der Waals surface area contributed by atoms with E-state index >= 15 is 0 Å². The van der Waals surface area contributed by atoms with Crippen molar-refractivity contribution >= 4 is 29.9 Å². The predicted octanol–water partition coefficient (Wildman–Crippen LogP) is 4.17. The summed E-state index contributed by atoms with van der Waals surface area (Å²) in [7, 11) is 2.15. The Kier molecular flexibility index (Phi) is 11.3. The van der Waals surface area contributed by atoms with Gasteiger partial charge >= 0.3 is 0 Å². The first-order valence-electron chi connectivity index (χ1n) is 10.1. The van der Waals surface area contributed by atoms with E-state index in [0.717, 1.165) is 44.3 Å². The number of nitrogens with one attached hydrogen (secondary N) is 2. The van der Waals surface area contributed by atoms with E-state index in [2.05, 4.69) is 90.6 Å². The number of nitrogens with zero attached hydrogens (tertiary/aromatic N) is 3. The third kappa shape index (κ3) is 9.62. The van der Waals surface area contributed by atoms with Crippen molar-refractivity contribution in [2.45, 2.75) is 52.6 Å². The minimum atomic E-state index is -0.0382. The number of hydrogen-bond acceptors (Lipinski definition) is 4. The molecule has 2 aromatic rings. The van der Waals surface area contributed by atoms with Crippen molar-refractivity contribution in [3.8, 4) is 0 Å². The van der Waals surface area contributed by atoms with Crippen LogP contribution in [0.25, 0.3) is 0 Å². The van der Waals surface area contributed by atoms with Gasteiger partial charge in [-0.25, -0.2) is 9.98 Å². The number of benzene rings is 1. The molecular formula is C22H36IN5O. The molecule has 0 radical (unpaired) electrons. The lowest BCUT2D eigenvalue weighted by Crippen LogP contribution is -2.38. The fourth-order valence-corrected chi connectivity index (χ4v) is 2.75. The molecule has 0 unspecified atom stereocenters. The molecular weight excluding hydrogens is 477 g/mol. The molecule has 0 saturated heterocycles. The van der Waals surface area contributed by atoms with Crippen molar-refractivity contribution in [2.24, 2.45) is 4.99 Å². The fraction of sp³-hybridized carbons (Fsp3) is 0.545. The van der Waals surface area contributed by atoms with Gasteiger partial charge in [-0.2, -0.15) is 0 Å². The Labute approximate surface area is 192 Å². The van der Waals surface area contributed by atoms with Gasteiger partial charge in [0.25, 0.3) is 0 Å². The topological polar surface area (TPSA) is 65.7 Å². The molecule has 0 atom stereocenters. The Morgan fingerprint density at radius 2 is 1.90 bits per heavy atom. The molecule has 1 aromatic carbocycles. The standard InChI is InChI=1S/C22H35N5O.HI/c1-6-23-21(26-16-20-25-15-19(28-20)22(2,3)4)24-13-10-14-27(5)17-18-11-8-7-9-12-18;/h7-9,11-12,15H,6,10,13-14,16-17H2,1-5H3,(H2,23,24,26);1H. The monoisotopic (exact) mass is 513 g/mol. The van der Waals surface area contributed by atoms with E-state index < -0.39 is 0 Å². The summed E-state index contributed by atoms with van der Waals surface area (Å²) in [4.78, 5) is 11.3. The smallest absolute Gasteiger partial charge is 0.216 e. The molecule has 162 valence electrons. The second kappa shape index (κ2) is 12.8. The molecule has 29 heavy (non-hydrogen) atoms. The molecule has 0 amide bonds. The first-order chi connectivity index (χ1) is 13.4. The lowest BCUT2D eigenvalue weighted by molar-refractivity contribution is 0.322. The highest BCUT2D eigenvalue weighted by atomic mass is 127. The molecule has 0 aliphatic rings. The van der Waals surface area contributed by atoms with Crippen LogP contribution >= 0.6 is 24.0 Å². The van der Waals surface area contributed by atoms with E-state index in [0.29, 0.717) is 12.4 Å². The summed E-state index contributed by atoms with van der Waals surface area (Å²) in [6.45, 7) is 12.5. The summed E-state index contributed by atoms with van der Waals surface area (Å²) in [6.07, 6.45) is 2.84. The maximum atomic E-state index is 5.81. The number of aliphatic imine (C=N–C) groups is 1. The SMILES string of the molecule is CCNC(=NCc1ncc(C(C)(C)C)o1)NCCCN(C)Cc1ccccc1.I. The van der Waals surface area contributed by atoms with Gasteiger partial charge in [-0.15, -0.1) is 24.0 Å². The summed E-state index contributed by atoms with van der Waals surface area (Å²) >= 11 is 0. The Morgan fingerprint density at radius 1 is 1.17 bits per heavy atom. The molecule has 6 nitrogen and oxygen atoms in total. The number of guanidine groups is 1. The van der Waals surface area contributed by atoms with E-state index in [1.54, 1.807) is 6.20 Å². The Balaban J connectivity index is 0.00000420. The highest BCUT2D eigenvalue weighted by Gasteiger charge is 2.19. The molecule has 0 saturated carbocycles. The third-order valence-electron chi connectivity index (χ3n) is 4.31. The molecule has 2 rings (SSSR count). The molecule has 0 aliphatic carbocycles. The third-order valence-corrected chi connectivity index (χ3v) is 4.31. The largest absolute Gasteiger partial charge is 0.443 e. The second-order valence-corrected chi connectivity index (χ2v) is 8.07. The van der Waals surface area contributed by atoms with E-state index in [-0.39, 0.29) is 29.4 Å². The van der Waals surface area contributed by atoms with Gasteiger partial charge in [0, 0.05) is 25.0 Å². The molecule has 0 aliphatic heterocycles. The van der Waals surface area contributed by atoms with Gasteiger partial charge in [0.15, 0.2) is 5.96 Å². The lowest BCUT2D eigenvalue weighted by atomic mass is 9.94. The van der Waals surface area contributed by atoms with Crippen LogP contribution in [0.4, 0.5) is 0 Å². The normalized spacial score (nSPS) is 12.0. The van der Waals surface area contributed by atoms with Crippen molar-refractivity contribution in [3.05, 3.63) is 53.7 Å². The molecule has 7 heteroatoms. The van der Waals surface area contributed by atoms with Gasteiger partial charge in [-0.1, -0.05) is 51.1 Å². The summed E-state index contributed by atoms with van der Waals surface area (Å²) in [5.41, 5.74) is 1.30. The van der Waals surface area contributed by atoms with Crippen LogP contribution in [0, 0.1) is 0 Å². The number of halogens is 1. The average molecular weight is 513 g/mol. The summed E-state index contributed by atoms with van der Waals surface area (Å²) in [5.74, 6) is 2.32. The Hall–Kier alpha value is -1.61. The molecule has 0 fully saturated rings. The average Bonchev–Trinajstić information content (AvgIpc) is 3.13. The van der Waals surface area contributed by atoms with Gasteiger partial charge in [-0.05, 0) is 32.5 Å². The number of oxazole rings is 1. The number of aromatic nitrogens is 1. The van der Waals surface area contributed by atoms with Crippen molar-refractivity contribution < 1.29 is 4.42 Å². The Morgan fingerprint density at radius 3 is 2.52 bits per heavy atom. The van der Waals surface area contributed by atoms with Gasteiger partial charge in [0.05, 0.1) is 6.20 Å². The fourth-order valence-electron chi connectivity index (χ4n) is 2.75. The highest BCUT2D eigenvalue weighted by Crippen LogP contribution is 2.22. The van der Waals surface area contributed by atoms with Gasteiger partial charge < -0.3 is 20.0 Å². The quantitative estimate of drug-likeness (QED) is 0.228. The van der Waals surface area contributed by atoms with Crippen LogP contribution < -0.4 is 10.6 Å². The summed E-state index contributed by atoms with van der Waals surface area (Å²) in [6, 6.07) is 10.6. The first-order valence-corrected chi connectivity index (χ1v) is 10.1. The van der Waals surface area contributed by atoms with Crippen LogP contribution in [-0.2, 0) is 18.5 Å². The summed E-state index contributed by atoms with van der Waals surface area (Å²) < 4.78 is 5.81. The van der Waals surface area contributed by atoms with Crippen LogP contribution in [0.5, 0.6) is 0 Å². The Bertz CT molecular complexity index is 724. The van der Waals surface area contributed by atoms with Crippen LogP contribution in [0.2, 0.25) is 0 Å². The van der Waals surface area contributed by atoms with Crippen molar-refractivity contribution in [1.29, 1.82) is 0 Å². The predicted molar refractivity (Wildman–Crippen MR) is 131 cm³/mol. The van der Waals surface area contributed by atoms with Crippen molar-refractivity contribution in [3.63, 3.8) is 0 Å². The zero-order chi connectivity index (χ0) is 20.4. The number of hydrogen-bond donors (Lipinski definition) is 2. The summed E-state index contributed by atoms with van der Waals surface area (Å²) in [5, 5.41) is 6.66. The minimum absolute atomic E-state index is 0. The maximum Gasteiger partial charge on any atom is 0.216 e. The van der Waals surface area contributed by atoms with E-state index in [4.69, 9.17) is 4.42 Å².